The average Bonchev–Trinajstić information content (AvgIpc) is 2.95. The fourth-order valence-electron chi connectivity index (χ4n) is 1.38. The second-order valence-electron chi connectivity index (χ2n) is 3.76. The quantitative estimate of drug-likeness (QED) is 0.821. The summed E-state index contributed by atoms with van der Waals surface area (Å²) in [4.78, 5) is 15.9. The number of rotatable bonds is 5. The van der Waals surface area contributed by atoms with Crippen molar-refractivity contribution in [3.8, 4) is 0 Å². The third-order valence-corrected chi connectivity index (χ3v) is 5.05. The number of hydrogen-bond acceptors (Lipinski definition) is 6. The Bertz CT molecular complexity index is 388. The van der Waals surface area contributed by atoms with Crippen molar-refractivity contribution in [2.75, 3.05) is 25.2 Å². The number of aromatic nitrogens is 1. The number of carbonyl (C=O) groups excluding carboxylic acids is 1. The molecule has 1 aromatic rings. The SMILES string of the molecule is COC(=O)c1cnc(NCC2(SC)CC2)s1. The molecule has 0 atom stereocenters. The second kappa shape index (κ2) is 4.63. The first kappa shape index (κ1) is 11.7. The van der Waals surface area contributed by atoms with Gasteiger partial charge in [0, 0.05) is 11.3 Å². The maximum Gasteiger partial charge on any atom is 0.349 e. The number of ether oxygens (including phenoxy) is 1. The van der Waals surface area contributed by atoms with Gasteiger partial charge in [-0.25, -0.2) is 9.78 Å². The summed E-state index contributed by atoms with van der Waals surface area (Å²) in [5.41, 5.74) is 0. The van der Waals surface area contributed by atoms with Gasteiger partial charge in [0.15, 0.2) is 5.13 Å². The summed E-state index contributed by atoms with van der Waals surface area (Å²) in [6, 6.07) is 0. The lowest BCUT2D eigenvalue weighted by Crippen LogP contribution is -2.17. The Balaban J connectivity index is 1.90. The zero-order valence-electron chi connectivity index (χ0n) is 9.28. The van der Waals surface area contributed by atoms with Gasteiger partial charge in [-0.15, -0.1) is 0 Å². The first-order chi connectivity index (χ1) is 7.69. The number of anilines is 1. The minimum Gasteiger partial charge on any atom is -0.465 e. The van der Waals surface area contributed by atoms with Crippen molar-refractivity contribution >= 4 is 34.2 Å². The summed E-state index contributed by atoms with van der Waals surface area (Å²) in [6.45, 7) is 0.919. The zero-order chi connectivity index (χ0) is 11.6. The molecule has 0 amide bonds. The topological polar surface area (TPSA) is 51.2 Å². The lowest BCUT2D eigenvalue weighted by Gasteiger charge is -2.11. The number of nitrogens with one attached hydrogen (secondary N) is 1. The van der Waals surface area contributed by atoms with Crippen molar-refractivity contribution < 1.29 is 9.53 Å². The molecule has 1 heterocycles. The first-order valence-electron chi connectivity index (χ1n) is 5.02. The van der Waals surface area contributed by atoms with E-state index in [1.807, 2.05) is 11.8 Å². The molecule has 0 saturated heterocycles. The number of thioether (sulfide) groups is 1. The highest BCUT2D eigenvalue weighted by Crippen LogP contribution is 2.47. The van der Waals surface area contributed by atoms with Gasteiger partial charge < -0.3 is 10.1 Å². The molecule has 1 aromatic heterocycles. The van der Waals surface area contributed by atoms with Crippen molar-refractivity contribution in [2.24, 2.45) is 0 Å². The van der Waals surface area contributed by atoms with Crippen molar-refractivity contribution in [1.82, 2.24) is 4.98 Å². The van der Waals surface area contributed by atoms with Crippen LogP contribution in [-0.4, -0.2) is 35.6 Å². The molecule has 1 saturated carbocycles. The van der Waals surface area contributed by atoms with Crippen LogP contribution >= 0.6 is 23.1 Å². The molecule has 6 heteroatoms. The van der Waals surface area contributed by atoms with E-state index in [0.29, 0.717) is 9.62 Å². The van der Waals surface area contributed by atoms with Crippen molar-refractivity contribution in [3.63, 3.8) is 0 Å². The van der Waals surface area contributed by atoms with E-state index in [-0.39, 0.29) is 5.97 Å². The van der Waals surface area contributed by atoms with E-state index < -0.39 is 0 Å². The van der Waals surface area contributed by atoms with Gasteiger partial charge in [0.05, 0.1) is 13.3 Å². The fraction of sp³-hybridized carbons (Fsp3) is 0.600. The molecule has 0 bridgehead atoms. The summed E-state index contributed by atoms with van der Waals surface area (Å²) in [5.74, 6) is -0.323. The summed E-state index contributed by atoms with van der Waals surface area (Å²) in [6.07, 6.45) is 6.21. The van der Waals surface area contributed by atoms with Gasteiger partial charge in [-0.05, 0) is 19.1 Å². The highest BCUT2D eigenvalue weighted by Gasteiger charge is 2.41. The first-order valence-corrected chi connectivity index (χ1v) is 7.06. The monoisotopic (exact) mass is 258 g/mol. The van der Waals surface area contributed by atoms with Crippen LogP contribution in [0, 0.1) is 0 Å². The molecule has 0 spiro atoms. The highest BCUT2D eigenvalue weighted by atomic mass is 32.2. The van der Waals surface area contributed by atoms with Gasteiger partial charge in [-0.1, -0.05) is 11.3 Å². The molecule has 1 aliphatic rings. The zero-order valence-corrected chi connectivity index (χ0v) is 10.9. The summed E-state index contributed by atoms with van der Waals surface area (Å²) in [7, 11) is 1.38. The molecule has 88 valence electrons. The normalized spacial score (nSPS) is 16.9. The lowest BCUT2D eigenvalue weighted by atomic mass is 10.4. The second-order valence-corrected chi connectivity index (χ2v) is 6.07. The Morgan fingerprint density at radius 3 is 3.06 bits per heavy atom. The van der Waals surface area contributed by atoms with Crippen molar-refractivity contribution in [3.05, 3.63) is 11.1 Å². The lowest BCUT2D eigenvalue weighted by molar-refractivity contribution is 0.0606. The molecule has 2 rings (SSSR count). The predicted octanol–water partition coefficient (Wildman–Crippen LogP) is 2.24. The Morgan fingerprint density at radius 2 is 2.50 bits per heavy atom. The largest absolute Gasteiger partial charge is 0.465 e. The van der Waals surface area contributed by atoms with Gasteiger partial charge in [-0.3, -0.25) is 0 Å². The Hall–Kier alpha value is -0.750. The molecule has 1 fully saturated rings. The molecule has 16 heavy (non-hydrogen) atoms. The molecule has 0 unspecified atom stereocenters. The molecule has 0 radical (unpaired) electrons. The number of carbonyl (C=O) groups is 1. The van der Waals surface area contributed by atoms with Crippen LogP contribution in [0.4, 0.5) is 5.13 Å². The van der Waals surface area contributed by atoms with E-state index >= 15 is 0 Å². The molecule has 0 aromatic carbocycles. The van der Waals surface area contributed by atoms with Crippen LogP contribution in [0.1, 0.15) is 22.5 Å². The standard InChI is InChI=1S/C10H14N2O2S2/c1-14-8(13)7-5-11-9(16-7)12-6-10(15-2)3-4-10/h5H,3-4,6H2,1-2H3,(H,11,12). The van der Waals surface area contributed by atoms with Crippen molar-refractivity contribution in [2.45, 2.75) is 17.6 Å². The summed E-state index contributed by atoms with van der Waals surface area (Å²) < 4.78 is 5.03. The van der Waals surface area contributed by atoms with E-state index in [4.69, 9.17) is 0 Å². The Kier molecular flexibility index (Phi) is 3.39. The van der Waals surface area contributed by atoms with Gasteiger partial charge in [0.25, 0.3) is 0 Å². The third kappa shape index (κ3) is 2.49. The van der Waals surface area contributed by atoms with Crippen LogP contribution < -0.4 is 5.32 Å². The van der Waals surface area contributed by atoms with E-state index in [1.165, 1.54) is 31.3 Å². The number of methoxy groups -OCH3 is 1. The molecule has 0 aliphatic heterocycles. The third-order valence-electron chi connectivity index (χ3n) is 2.69. The fourth-order valence-corrected chi connectivity index (χ4v) is 2.84. The van der Waals surface area contributed by atoms with Crippen LogP contribution in [0.15, 0.2) is 6.20 Å². The predicted molar refractivity (Wildman–Crippen MR) is 67.4 cm³/mol. The van der Waals surface area contributed by atoms with E-state index in [0.717, 1.165) is 11.7 Å². The van der Waals surface area contributed by atoms with E-state index in [2.05, 4.69) is 21.3 Å². The average molecular weight is 258 g/mol. The molecular weight excluding hydrogens is 244 g/mol. The molecular formula is C10H14N2O2S2. The van der Waals surface area contributed by atoms with Crippen LogP contribution in [0.3, 0.4) is 0 Å². The molecule has 4 nitrogen and oxygen atoms in total. The van der Waals surface area contributed by atoms with Gasteiger partial charge in [-0.2, -0.15) is 11.8 Å². The summed E-state index contributed by atoms with van der Waals surface area (Å²) in [5, 5.41) is 4.07. The highest BCUT2D eigenvalue weighted by molar-refractivity contribution is 8.00. The van der Waals surface area contributed by atoms with Crippen LogP contribution in [-0.2, 0) is 4.74 Å². The Morgan fingerprint density at radius 1 is 1.75 bits per heavy atom. The number of thiazole rings is 1. The van der Waals surface area contributed by atoms with Gasteiger partial charge in [0.1, 0.15) is 4.88 Å². The van der Waals surface area contributed by atoms with E-state index in [1.54, 1.807) is 6.20 Å². The Labute approximate surface area is 103 Å². The minimum absolute atomic E-state index is 0.323. The maximum atomic E-state index is 11.2. The van der Waals surface area contributed by atoms with Crippen LogP contribution in [0.5, 0.6) is 0 Å². The van der Waals surface area contributed by atoms with Crippen LogP contribution in [0.25, 0.3) is 0 Å². The maximum absolute atomic E-state index is 11.2. The van der Waals surface area contributed by atoms with Gasteiger partial charge in [0.2, 0.25) is 0 Å². The van der Waals surface area contributed by atoms with Crippen molar-refractivity contribution in [1.29, 1.82) is 0 Å². The number of esters is 1. The molecule has 1 N–H and O–H groups in total. The number of hydrogen-bond donors (Lipinski definition) is 1. The molecule has 1 aliphatic carbocycles. The van der Waals surface area contributed by atoms with Gasteiger partial charge >= 0.3 is 5.97 Å². The van der Waals surface area contributed by atoms with E-state index in [9.17, 15) is 4.79 Å². The summed E-state index contributed by atoms with van der Waals surface area (Å²) >= 11 is 3.24. The smallest absolute Gasteiger partial charge is 0.349 e. The minimum atomic E-state index is -0.323. The van der Waals surface area contributed by atoms with Crippen LogP contribution in [0.2, 0.25) is 0 Å². The number of nitrogens with zero attached hydrogens (tertiary/aromatic N) is 1.